The summed E-state index contributed by atoms with van der Waals surface area (Å²) >= 11 is 0. The second kappa shape index (κ2) is 8.98. The lowest BCUT2D eigenvalue weighted by atomic mass is 10.1. The fraction of sp³-hybridized carbons (Fsp3) is 0.647. The third-order valence-electron chi connectivity index (χ3n) is 3.39. The molecule has 1 rings (SSSR count). The Labute approximate surface area is 124 Å². The van der Waals surface area contributed by atoms with Gasteiger partial charge in [-0.3, -0.25) is 0 Å². The van der Waals surface area contributed by atoms with Crippen molar-refractivity contribution in [2.75, 3.05) is 31.6 Å². The van der Waals surface area contributed by atoms with Crippen molar-refractivity contribution in [2.24, 2.45) is 0 Å². The van der Waals surface area contributed by atoms with Crippen LogP contribution in [0.2, 0.25) is 0 Å². The van der Waals surface area contributed by atoms with E-state index >= 15 is 0 Å². The highest BCUT2D eigenvalue weighted by molar-refractivity contribution is 5.50. The van der Waals surface area contributed by atoms with Crippen LogP contribution in [0.15, 0.2) is 18.2 Å². The Kier molecular flexibility index (Phi) is 7.63. The van der Waals surface area contributed by atoms with E-state index in [1.807, 2.05) is 0 Å². The zero-order chi connectivity index (χ0) is 15.0. The summed E-state index contributed by atoms with van der Waals surface area (Å²) in [6, 6.07) is 6.69. The van der Waals surface area contributed by atoms with Crippen molar-refractivity contribution in [1.82, 2.24) is 5.32 Å². The third-order valence-corrected chi connectivity index (χ3v) is 3.39. The highest BCUT2D eigenvalue weighted by Crippen LogP contribution is 2.18. The fourth-order valence-corrected chi connectivity index (χ4v) is 2.07. The molecular formula is C17H30N2O. The Morgan fingerprint density at radius 3 is 2.65 bits per heavy atom. The number of anilines is 1. The number of likely N-dealkylation sites (N-methyl/N-ethyl adjacent to an activating group) is 1. The monoisotopic (exact) mass is 278 g/mol. The number of benzene rings is 1. The molecule has 1 N–H and O–H groups in total. The molecule has 0 atom stereocenters. The van der Waals surface area contributed by atoms with Crippen molar-refractivity contribution in [3.05, 3.63) is 29.3 Å². The Hall–Kier alpha value is -1.06. The number of aryl methyl sites for hydroxylation is 1. The Morgan fingerprint density at radius 1 is 1.30 bits per heavy atom. The Bertz CT molecular complexity index is 391. The quantitative estimate of drug-likeness (QED) is 0.701. The highest BCUT2D eigenvalue weighted by Gasteiger charge is 2.04. The van der Waals surface area contributed by atoms with Gasteiger partial charge in [-0.15, -0.1) is 0 Å². The van der Waals surface area contributed by atoms with Gasteiger partial charge < -0.3 is 15.0 Å². The van der Waals surface area contributed by atoms with E-state index in [4.69, 9.17) is 4.74 Å². The number of rotatable bonds is 9. The molecule has 20 heavy (non-hydrogen) atoms. The van der Waals surface area contributed by atoms with Crippen LogP contribution in [0.1, 0.15) is 38.3 Å². The van der Waals surface area contributed by atoms with Crippen LogP contribution in [-0.2, 0) is 11.3 Å². The van der Waals surface area contributed by atoms with E-state index in [1.54, 1.807) is 0 Å². The molecule has 0 aromatic heterocycles. The average molecular weight is 278 g/mol. The first kappa shape index (κ1) is 17.0. The minimum absolute atomic E-state index is 0.303. The minimum Gasteiger partial charge on any atom is -0.377 e. The molecular weight excluding hydrogens is 248 g/mol. The zero-order valence-corrected chi connectivity index (χ0v) is 13.7. The largest absolute Gasteiger partial charge is 0.377 e. The molecule has 0 saturated heterocycles. The molecule has 3 nitrogen and oxygen atoms in total. The molecule has 1 aromatic rings. The maximum absolute atomic E-state index is 5.60. The molecule has 0 radical (unpaired) electrons. The van der Waals surface area contributed by atoms with E-state index in [2.05, 4.69) is 63.2 Å². The maximum atomic E-state index is 5.60. The van der Waals surface area contributed by atoms with E-state index in [1.165, 1.54) is 23.2 Å². The summed E-state index contributed by atoms with van der Waals surface area (Å²) in [5.41, 5.74) is 3.99. The molecule has 1 aromatic carbocycles. The number of ether oxygens (including phenoxy) is 1. The van der Waals surface area contributed by atoms with Crippen molar-refractivity contribution >= 4 is 5.69 Å². The van der Waals surface area contributed by atoms with Gasteiger partial charge in [0.2, 0.25) is 0 Å². The summed E-state index contributed by atoms with van der Waals surface area (Å²) in [6.07, 6.45) is 1.48. The second-order valence-electron chi connectivity index (χ2n) is 5.63. The Morgan fingerprint density at radius 2 is 2.05 bits per heavy atom. The standard InChI is InChI=1S/C17H30N2O/c1-6-9-18-13-16-7-8-17(12-15(16)4)19(5)10-11-20-14(2)3/h7-8,12,14,18H,6,9-11,13H2,1-5H3. The van der Waals surface area contributed by atoms with Crippen LogP contribution in [0.3, 0.4) is 0 Å². The van der Waals surface area contributed by atoms with Gasteiger partial charge in [0.25, 0.3) is 0 Å². The van der Waals surface area contributed by atoms with E-state index in [0.717, 1.165) is 26.2 Å². The van der Waals surface area contributed by atoms with Gasteiger partial charge in [-0.2, -0.15) is 0 Å². The minimum atomic E-state index is 0.303. The highest BCUT2D eigenvalue weighted by atomic mass is 16.5. The molecule has 0 aliphatic rings. The SMILES string of the molecule is CCCNCc1ccc(N(C)CCOC(C)C)cc1C. The smallest absolute Gasteiger partial charge is 0.0644 e. The van der Waals surface area contributed by atoms with Crippen molar-refractivity contribution in [2.45, 2.75) is 46.8 Å². The number of nitrogens with zero attached hydrogens (tertiary/aromatic N) is 1. The molecule has 0 amide bonds. The molecule has 114 valence electrons. The van der Waals surface area contributed by atoms with Crippen LogP contribution in [-0.4, -0.2) is 32.8 Å². The van der Waals surface area contributed by atoms with Crippen molar-refractivity contribution in [3.8, 4) is 0 Å². The van der Waals surface area contributed by atoms with Crippen molar-refractivity contribution < 1.29 is 4.74 Å². The van der Waals surface area contributed by atoms with Crippen LogP contribution in [0.5, 0.6) is 0 Å². The van der Waals surface area contributed by atoms with Gasteiger partial charge in [-0.05, 0) is 57.0 Å². The molecule has 0 aliphatic heterocycles. The van der Waals surface area contributed by atoms with Crippen molar-refractivity contribution in [3.63, 3.8) is 0 Å². The molecule has 0 saturated carbocycles. The predicted molar refractivity (Wildman–Crippen MR) is 87.5 cm³/mol. The van der Waals surface area contributed by atoms with E-state index in [9.17, 15) is 0 Å². The third kappa shape index (κ3) is 5.93. The van der Waals surface area contributed by atoms with E-state index < -0.39 is 0 Å². The zero-order valence-electron chi connectivity index (χ0n) is 13.7. The lowest BCUT2D eigenvalue weighted by Gasteiger charge is -2.21. The lowest BCUT2D eigenvalue weighted by molar-refractivity contribution is 0.0846. The van der Waals surface area contributed by atoms with Gasteiger partial charge in [0.1, 0.15) is 0 Å². The summed E-state index contributed by atoms with van der Waals surface area (Å²) in [6.45, 7) is 12.2. The molecule has 0 unspecified atom stereocenters. The van der Waals surface area contributed by atoms with Gasteiger partial charge in [0, 0.05) is 25.8 Å². The fourth-order valence-electron chi connectivity index (χ4n) is 2.07. The van der Waals surface area contributed by atoms with Gasteiger partial charge in [-0.1, -0.05) is 13.0 Å². The molecule has 3 heteroatoms. The van der Waals surface area contributed by atoms with E-state index in [0.29, 0.717) is 6.10 Å². The molecule has 0 spiro atoms. The normalized spacial score (nSPS) is 11.1. The van der Waals surface area contributed by atoms with Crippen LogP contribution < -0.4 is 10.2 Å². The van der Waals surface area contributed by atoms with Gasteiger partial charge in [-0.25, -0.2) is 0 Å². The van der Waals surface area contributed by atoms with Crippen LogP contribution in [0.25, 0.3) is 0 Å². The van der Waals surface area contributed by atoms with Gasteiger partial charge in [0.05, 0.1) is 12.7 Å². The lowest BCUT2D eigenvalue weighted by Crippen LogP contribution is -2.24. The topological polar surface area (TPSA) is 24.5 Å². The maximum Gasteiger partial charge on any atom is 0.0644 e. The average Bonchev–Trinajstić information content (AvgIpc) is 2.40. The van der Waals surface area contributed by atoms with Crippen LogP contribution >= 0.6 is 0 Å². The summed E-state index contributed by atoms with van der Waals surface area (Å²) in [7, 11) is 2.12. The summed E-state index contributed by atoms with van der Waals surface area (Å²) in [5.74, 6) is 0. The number of hydrogen-bond acceptors (Lipinski definition) is 3. The number of nitrogens with one attached hydrogen (secondary N) is 1. The van der Waals surface area contributed by atoms with E-state index in [-0.39, 0.29) is 0 Å². The van der Waals surface area contributed by atoms with Crippen molar-refractivity contribution in [1.29, 1.82) is 0 Å². The summed E-state index contributed by atoms with van der Waals surface area (Å²) in [5, 5.41) is 3.45. The first-order chi connectivity index (χ1) is 9.54. The summed E-state index contributed by atoms with van der Waals surface area (Å²) < 4.78 is 5.60. The van der Waals surface area contributed by atoms with Crippen LogP contribution in [0, 0.1) is 6.92 Å². The van der Waals surface area contributed by atoms with Gasteiger partial charge >= 0.3 is 0 Å². The van der Waals surface area contributed by atoms with Crippen LogP contribution in [0.4, 0.5) is 5.69 Å². The molecule has 0 fully saturated rings. The van der Waals surface area contributed by atoms with Gasteiger partial charge in [0.15, 0.2) is 0 Å². The second-order valence-corrected chi connectivity index (χ2v) is 5.63. The first-order valence-corrected chi connectivity index (χ1v) is 7.67. The number of hydrogen-bond donors (Lipinski definition) is 1. The molecule has 0 heterocycles. The summed E-state index contributed by atoms with van der Waals surface area (Å²) in [4.78, 5) is 2.25. The Balaban J connectivity index is 2.52. The predicted octanol–water partition coefficient (Wildman–Crippen LogP) is 3.36. The first-order valence-electron chi connectivity index (χ1n) is 7.67. The molecule has 0 bridgehead atoms. The molecule has 0 aliphatic carbocycles.